The predicted molar refractivity (Wildman–Crippen MR) is 177 cm³/mol. The third kappa shape index (κ3) is 5.90. The van der Waals surface area contributed by atoms with E-state index in [2.05, 4.69) is 58.6 Å². The molecule has 2 atom stereocenters. The second kappa shape index (κ2) is 11.4. The number of ether oxygens (including phenoxy) is 1. The van der Waals surface area contributed by atoms with Gasteiger partial charge in [-0.3, -0.25) is 0 Å². The van der Waals surface area contributed by atoms with E-state index in [1.165, 1.54) is 0 Å². The Morgan fingerprint density at radius 2 is 1.67 bits per heavy atom. The Labute approximate surface area is 269 Å². The zero-order valence-corrected chi connectivity index (χ0v) is 27.5. The first-order valence-corrected chi connectivity index (χ1v) is 17.0. The highest BCUT2D eigenvalue weighted by Gasteiger charge is 2.41. The number of aromatic nitrogens is 3. The Kier molecular flexibility index (Phi) is 7.44. The second-order valence-electron chi connectivity index (χ2n) is 13.4. The summed E-state index contributed by atoms with van der Waals surface area (Å²) in [6.07, 6.45) is 2.21. The van der Waals surface area contributed by atoms with Gasteiger partial charge in [0.05, 0.1) is 22.5 Å². The molecule has 4 heterocycles. The van der Waals surface area contributed by atoms with Crippen LogP contribution in [0, 0.1) is 19.3 Å². The van der Waals surface area contributed by atoms with Crippen molar-refractivity contribution in [3.05, 3.63) is 107 Å². The Morgan fingerprint density at radius 3 is 2.43 bits per heavy atom. The third-order valence-corrected chi connectivity index (χ3v) is 9.90. The maximum absolute atomic E-state index is 13.8. The number of fused-ring (bicyclic) bond motifs is 8. The van der Waals surface area contributed by atoms with Crippen LogP contribution in [-0.4, -0.2) is 35.9 Å². The lowest BCUT2D eigenvalue weighted by atomic mass is 9.87. The molecule has 0 saturated heterocycles. The van der Waals surface area contributed by atoms with E-state index in [-0.39, 0.29) is 22.3 Å². The normalized spacial score (nSPS) is 19.2. The van der Waals surface area contributed by atoms with Crippen molar-refractivity contribution < 1.29 is 22.7 Å². The van der Waals surface area contributed by atoms with Crippen LogP contribution in [0.2, 0.25) is 0 Å². The number of benzene rings is 3. The molecular formula is C36H38N5O4S+. The smallest absolute Gasteiger partial charge is 0.264 e. The number of aryl methyl sites for hydroxylation is 2. The molecule has 4 bridgehead atoms. The van der Waals surface area contributed by atoms with Crippen LogP contribution in [0.3, 0.4) is 0 Å². The van der Waals surface area contributed by atoms with Gasteiger partial charge in [-0.1, -0.05) is 69.3 Å². The molecule has 0 radical (unpaired) electrons. The molecule has 2 aliphatic heterocycles. The largest absolute Gasteiger partial charge is 0.476 e. The van der Waals surface area contributed by atoms with Gasteiger partial charge in [0.1, 0.15) is 6.61 Å². The summed E-state index contributed by atoms with van der Waals surface area (Å²) in [4.78, 5) is 18.3. The van der Waals surface area contributed by atoms with Gasteiger partial charge in [-0.15, -0.1) is 0 Å². The molecule has 0 aliphatic carbocycles. The van der Waals surface area contributed by atoms with Crippen molar-refractivity contribution in [3.8, 4) is 17.1 Å². The van der Waals surface area contributed by atoms with Crippen LogP contribution in [0.5, 0.6) is 5.88 Å². The van der Waals surface area contributed by atoms with Crippen LogP contribution in [0.1, 0.15) is 55.8 Å². The Bertz CT molecular complexity index is 2060. The fraction of sp³-hybridized carbons (Fsp3) is 0.306. The van der Waals surface area contributed by atoms with Crippen LogP contribution in [0.25, 0.3) is 22.0 Å². The number of hydrogen-bond donors (Lipinski definition) is 1. The van der Waals surface area contributed by atoms with E-state index >= 15 is 0 Å². The summed E-state index contributed by atoms with van der Waals surface area (Å²) >= 11 is 0. The second-order valence-corrected chi connectivity index (χ2v) is 15.1. The molecule has 7 rings (SSSR count). The van der Waals surface area contributed by atoms with Gasteiger partial charge in [0.25, 0.3) is 16.3 Å². The average Bonchev–Trinajstić information content (AvgIpc) is 3.00. The Balaban J connectivity index is 1.40. The predicted octanol–water partition coefficient (Wildman–Crippen LogP) is 6.14. The Hall–Kier alpha value is -4.54. The zero-order valence-electron chi connectivity index (χ0n) is 26.7. The van der Waals surface area contributed by atoms with Gasteiger partial charge in [0.2, 0.25) is 23.7 Å². The van der Waals surface area contributed by atoms with Gasteiger partial charge in [0, 0.05) is 34.0 Å². The van der Waals surface area contributed by atoms with Gasteiger partial charge < -0.3 is 4.74 Å². The summed E-state index contributed by atoms with van der Waals surface area (Å²) in [5.41, 5.74) is 5.21. The molecule has 5 aromatic rings. The lowest BCUT2D eigenvalue weighted by Gasteiger charge is -2.39. The number of nitrogens with zero attached hydrogens (tertiary/aromatic N) is 4. The topological polar surface area (TPSA) is 97.5 Å². The van der Waals surface area contributed by atoms with Crippen LogP contribution in [-0.2, 0) is 16.6 Å². The molecule has 1 N–H and O–H groups in total. The monoisotopic (exact) mass is 636 g/mol. The lowest BCUT2D eigenvalue weighted by Crippen LogP contribution is -2.60. The van der Waals surface area contributed by atoms with Gasteiger partial charge in [-0.2, -0.15) is 4.98 Å². The van der Waals surface area contributed by atoms with Crippen LogP contribution < -0.4 is 19.0 Å². The van der Waals surface area contributed by atoms with E-state index < -0.39 is 16.3 Å². The molecule has 236 valence electrons. The molecule has 0 amide bonds. The number of pyridine rings is 1. The van der Waals surface area contributed by atoms with E-state index in [9.17, 15) is 8.42 Å². The molecule has 46 heavy (non-hydrogen) atoms. The summed E-state index contributed by atoms with van der Waals surface area (Å²) in [5, 5.41) is 2.17. The van der Waals surface area contributed by atoms with Crippen molar-refractivity contribution in [3.63, 3.8) is 0 Å². The molecular weight excluding hydrogens is 598 g/mol. The fourth-order valence-corrected chi connectivity index (χ4v) is 7.50. The van der Waals surface area contributed by atoms with Crippen molar-refractivity contribution in [1.82, 2.24) is 14.9 Å². The minimum atomic E-state index is -4.06. The minimum Gasteiger partial charge on any atom is -0.476 e. The van der Waals surface area contributed by atoms with Crippen LogP contribution in [0.4, 0.5) is 5.95 Å². The van der Waals surface area contributed by atoms with Gasteiger partial charge >= 0.3 is 0 Å². The van der Waals surface area contributed by atoms with Crippen molar-refractivity contribution >= 4 is 26.7 Å². The van der Waals surface area contributed by atoms with Gasteiger partial charge in [0.15, 0.2) is 0 Å². The van der Waals surface area contributed by atoms with Crippen molar-refractivity contribution in [1.29, 1.82) is 0 Å². The molecule has 3 aromatic carbocycles. The summed E-state index contributed by atoms with van der Waals surface area (Å²) in [5.74, 6) is 0.251. The van der Waals surface area contributed by atoms with Gasteiger partial charge in [-0.25, -0.2) is 27.9 Å². The molecule has 2 aromatic heterocycles. The molecule has 0 fully saturated rings. The molecule has 0 saturated carbocycles. The minimum absolute atomic E-state index is 0.0453. The summed E-state index contributed by atoms with van der Waals surface area (Å²) < 4.78 is 38.6. The summed E-state index contributed by atoms with van der Waals surface area (Å²) in [7, 11) is -4.06. The number of hydrogen-bond acceptors (Lipinski definition) is 7. The van der Waals surface area contributed by atoms with E-state index in [0.29, 0.717) is 24.7 Å². The van der Waals surface area contributed by atoms with E-state index in [1.54, 1.807) is 24.3 Å². The average molecular weight is 637 g/mol. The highest BCUT2D eigenvalue weighted by Crippen LogP contribution is 2.35. The number of nitrogens with one attached hydrogen (secondary N) is 1. The summed E-state index contributed by atoms with van der Waals surface area (Å²) in [6.45, 7) is 11.5. The zero-order chi connectivity index (χ0) is 32.2. The quantitative estimate of drug-likeness (QED) is 0.233. The van der Waals surface area contributed by atoms with E-state index in [1.807, 2.05) is 61.2 Å². The Morgan fingerprint density at radius 1 is 0.935 bits per heavy atom. The maximum Gasteiger partial charge on any atom is 0.264 e. The van der Waals surface area contributed by atoms with E-state index in [0.717, 1.165) is 45.1 Å². The molecule has 2 aliphatic rings. The molecule has 1 unspecified atom stereocenters. The molecule has 10 heteroatoms. The lowest BCUT2D eigenvalue weighted by molar-refractivity contribution is -0.917. The SMILES string of the molecule is Cc1cccc(C)c1-c1cc2nc(n1)NS(=O)(=O)c1cccc(c1)C1O[n+]3cc4ccccc4cc3CN1[C@H](CC(C)(C)C)CO2. The van der Waals surface area contributed by atoms with Crippen LogP contribution >= 0.6 is 0 Å². The summed E-state index contributed by atoms with van der Waals surface area (Å²) in [6, 6.07) is 25.0. The first-order valence-electron chi connectivity index (χ1n) is 15.5. The highest BCUT2D eigenvalue weighted by molar-refractivity contribution is 7.92. The standard InChI is InChI=1S/C36H38N5O4S/c1-23-10-8-11-24(2)33(23)31-18-32-38-35(37-31)39-46(42,43)30-15-9-14-26(17-30)34-40(29(22-44-32)19-36(3,4)5)21-28-16-25-12-6-7-13-27(25)20-41(28)45-34/h6-18,20,29,34H,19,21-22H2,1-5H3,(H,37,38,39)/q+1/t29-,34?/m1/s1. The first-order chi connectivity index (χ1) is 21.9. The first kappa shape index (κ1) is 30.1. The third-order valence-electron chi connectivity index (χ3n) is 8.58. The van der Waals surface area contributed by atoms with Crippen molar-refractivity contribution in [2.24, 2.45) is 5.41 Å². The van der Waals surface area contributed by atoms with Gasteiger partial charge in [-0.05, 0) is 60.4 Å². The fourth-order valence-electron chi connectivity index (χ4n) is 6.50. The molecule has 9 nitrogen and oxygen atoms in total. The number of rotatable bonds is 2. The molecule has 0 spiro atoms. The number of sulfonamides is 1. The number of anilines is 1. The van der Waals surface area contributed by atoms with Crippen LogP contribution in [0.15, 0.2) is 90.0 Å². The highest BCUT2D eigenvalue weighted by atomic mass is 32.2. The van der Waals surface area contributed by atoms with Crippen molar-refractivity contribution in [2.45, 2.75) is 64.7 Å². The maximum atomic E-state index is 13.8. The van der Waals surface area contributed by atoms with E-state index in [4.69, 9.17) is 9.57 Å². The van der Waals surface area contributed by atoms with Crippen molar-refractivity contribution in [2.75, 3.05) is 11.3 Å².